The Bertz CT molecular complexity index is 735. The Morgan fingerprint density at radius 2 is 1.24 bits per heavy atom. The Morgan fingerprint density at radius 1 is 0.765 bits per heavy atom. The number of fused-ring (bicyclic) bond motifs is 3. The maximum absolute atomic E-state index is 12.1. The van der Waals surface area contributed by atoms with Gasteiger partial charge in [0.2, 0.25) is 0 Å². The van der Waals surface area contributed by atoms with Crippen LogP contribution in [0.15, 0.2) is 53.7 Å². The van der Waals surface area contributed by atoms with Crippen molar-refractivity contribution in [2.24, 2.45) is 5.18 Å². The van der Waals surface area contributed by atoms with Gasteiger partial charge in [0.15, 0.2) is 0 Å². The van der Waals surface area contributed by atoms with E-state index in [-0.39, 0.29) is 11.4 Å². The Kier molecular flexibility index (Phi) is 2.05. The summed E-state index contributed by atoms with van der Waals surface area (Å²) in [6, 6.07) is 14.6. The molecule has 0 spiro atoms. The zero-order valence-corrected chi connectivity index (χ0v) is 8.88. The highest BCUT2D eigenvalue weighted by atomic mass is 16.3. The fourth-order valence-corrected chi connectivity index (χ4v) is 2.18. The summed E-state index contributed by atoms with van der Waals surface area (Å²) in [5.74, 6) is -0.297. The number of rotatable bonds is 1. The van der Waals surface area contributed by atoms with Gasteiger partial charge >= 0.3 is 0 Å². The van der Waals surface area contributed by atoms with Gasteiger partial charge in [-0.05, 0) is 21.3 Å². The normalized spacial score (nSPS) is 10.8. The molecule has 0 saturated carbocycles. The molecule has 3 heteroatoms. The van der Waals surface area contributed by atoms with Crippen molar-refractivity contribution in [1.82, 2.24) is 0 Å². The monoisotopic (exact) mass is 222 g/mol. The van der Waals surface area contributed by atoms with Crippen LogP contribution in [0.25, 0.3) is 21.5 Å². The number of hydrogen-bond acceptors (Lipinski definition) is 3. The third-order valence-corrected chi connectivity index (χ3v) is 2.95. The van der Waals surface area contributed by atoms with Gasteiger partial charge in [-0.2, -0.15) is 0 Å². The Labute approximate surface area is 97.3 Å². The quantitative estimate of drug-likeness (QED) is 0.467. The largest absolute Gasteiger partial charge is 0.870 e. The highest BCUT2D eigenvalue weighted by molar-refractivity contribution is 6.15. The third kappa shape index (κ3) is 1.29. The lowest BCUT2D eigenvalue weighted by atomic mass is 9.99. The average Bonchev–Trinajstić information content (AvgIpc) is 2.40. The van der Waals surface area contributed by atoms with Crippen molar-refractivity contribution in [2.45, 2.75) is 0 Å². The molecule has 0 radical (unpaired) electrons. The van der Waals surface area contributed by atoms with Gasteiger partial charge in [0.05, 0.1) is 0 Å². The fourth-order valence-electron chi connectivity index (χ4n) is 2.18. The minimum absolute atomic E-state index is 0.000648. The maximum Gasteiger partial charge on any atom is 0.108 e. The summed E-state index contributed by atoms with van der Waals surface area (Å²) < 4.78 is 0. The van der Waals surface area contributed by atoms with Crippen LogP contribution >= 0.6 is 0 Å². The van der Waals surface area contributed by atoms with Crippen LogP contribution in [0.2, 0.25) is 0 Å². The molecule has 0 aromatic heterocycles. The van der Waals surface area contributed by atoms with Crippen molar-refractivity contribution in [3.8, 4) is 5.75 Å². The molecule has 0 atom stereocenters. The first-order valence-electron chi connectivity index (χ1n) is 5.27. The highest BCUT2D eigenvalue weighted by Gasteiger charge is 2.07. The summed E-state index contributed by atoms with van der Waals surface area (Å²) in [6.07, 6.45) is 0. The zero-order chi connectivity index (χ0) is 11.8. The molecule has 0 heterocycles. The lowest BCUT2D eigenvalue weighted by molar-refractivity contribution is -0.264. The molecule has 0 saturated heterocycles. The van der Waals surface area contributed by atoms with Gasteiger partial charge in [0, 0.05) is 5.39 Å². The van der Waals surface area contributed by atoms with E-state index < -0.39 is 0 Å². The third-order valence-electron chi connectivity index (χ3n) is 2.95. The predicted molar refractivity (Wildman–Crippen MR) is 66.4 cm³/mol. The molecule has 0 fully saturated rings. The first kappa shape index (κ1) is 9.78. The SMILES string of the molecule is O=Nc1c([O-])c2ccccc2c2ccccc12. The predicted octanol–water partition coefficient (Wildman–Crippen LogP) is 3.46. The van der Waals surface area contributed by atoms with Gasteiger partial charge in [-0.1, -0.05) is 54.3 Å². The van der Waals surface area contributed by atoms with Crippen LogP contribution in [0.1, 0.15) is 0 Å². The van der Waals surface area contributed by atoms with E-state index in [4.69, 9.17) is 0 Å². The average molecular weight is 222 g/mol. The van der Waals surface area contributed by atoms with Crippen molar-refractivity contribution in [3.05, 3.63) is 53.4 Å². The first-order valence-corrected chi connectivity index (χ1v) is 5.27. The van der Waals surface area contributed by atoms with E-state index in [2.05, 4.69) is 5.18 Å². The number of hydrogen-bond donors (Lipinski definition) is 0. The Morgan fingerprint density at radius 3 is 1.82 bits per heavy atom. The molecule has 3 nitrogen and oxygen atoms in total. The van der Waals surface area contributed by atoms with E-state index in [1.165, 1.54) is 0 Å². The maximum atomic E-state index is 12.1. The van der Waals surface area contributed by atoms with Crippen molar-refractivity contribution in [2.75, 3.05) is 0 Å². The lowest BCUT2D eigenvalue weighted by Crippen LogP contribution is -1.93. The highest BCUT2D eigenvalue weighted by Crippen LogP contribution is 2.40. The second kappa shape index (κ2) is 3.56. The molecular formula is C14H8NO2-. The van der Waals surface area contributed by atoms with Gasteiger partial charge in [-0.3, -0.25) is 0 Å². The molecule has 0 aliphatic heterocycles. The number of nitroso groups, excluding NO2 is 1. The fraction of sp³-hybridized carbons (Fsp3) is 0. The topological polar surface area (TPSA) is 52.5 Å². The van der Waals surface area contributed by atoms with Crippen molar-refractivity contribution in [1.29, 1.82) is 0 Å². The molecule has 3 aromatic rings. The van der Waals surface area contributed by atoms with Crippen molar-refractivity contribution < 1.29 is 5.11 Å². The van der Waals surface area contributed by atoms with Crippen LogP contribution < -0.4 is 5.11 Å². The van der Waals surface area contributed by atoms with Crippen molar-refractivity contribution in [3.63, 3.8) is 0 Å². The molecule has 0 aliphatic rings. The molecular weight excluding hydrogens is 214 g/mol. The van der Waals surface area contributed by atoms with Gasteiger partial charge in [0.25, 0.3) is 0 Å². The van der Waals surface area contributed by atoms with Gasteiger partial charge in [-0.25, -0.2) is 0 Å². The molecule has 0 bridgehead atoms. The van der Waals surface area contributed by atoms with E-state index in [0.29, 0.717) is 10.8 Å². The Hall–Kier alpha value is -2.42. The summed E-state index contributed by atoms with van der Waals surface area (Å²) in [4.78, 5) is 10.8. The molecule has 82 valence electrons. The van der Waals surface area contributed by atoms with E-state index in [1.54, 1.807) is 24.3 Å². The van der Waals surface area contributed by atoms with Crippen LogP contribution in [-0.4, -0.2) is 0 Å². The van der Waals surface area contributed by atoms with Gasteiger partial charge < -0.3 is 5.11 Å². The first-order chi connectivity index (χ1) is 8.33. The summed E-state index contributed by atoms with van der Waals surface area (Å²) in [7, 11) is 0. The molecule has 0 aliphatic carbocycles. The zero-order valence-electron chi connectivity index (χ0n) is 8.88. The van der Waals surface area contributed by atoms with E-state index >= 15 is 0 Å². The summed E-state index contributed by atoms with van der Waals surface area (Å²) >= 11 is 0. The molecule has 3 aromatic carbocycles. The van der Waals surface area contributed by atoms with Crippen LogP contribution in [0.3, 0.4) is 0 Å². The minimum atomic E-state index is -0.297. The van der Waals surface area contributed by atoms with Gasteiger partial charge in [-0.15, -0.1) is 4.91 Å². The molecule has 3 rings (SSSR count). The van der Waals surface area contributed by atoms with Gasteiger partial charge in [0.1, 0.15) is 5.69 Å². The molecule has 0 N–H and O–H groups in total. The second-order valence-electron chi connectivity index (χ2n) is 3.86. The molecule has 17 heavy (non-hydrogen) atoms. The Balaban J connectivity index is 2.68. The summed E-state index contributed by atoms with van der Waals surface area (Å²) in [6.45, 7) is 0. The van der Waals surface area contributed by atoms with E-state index in [1.807, 2.05) is 24.3 Å². The van der Waals surface area contributed by atoms with Crippen LogP contribution in [-0.2, 0) is 0 Å². The van der Waals surface area contributed by atoms with Crippen LogP contribution in [0.4, 0.5) is 5.69 Å². The lowest BCUT2D eigenvalue weighted by Gasteiger charge is -2.15. The van der Waals surface area contributed by atoms with Crippen molar-refractivity contribution >= 4 is 27.2 Å². The smallest absolute Gasteiger partial charge is 0.108 e. The minimum Gasteiger partial charge on any atom is -0.870 e. The standard InChI is InChI=1S/C14H9NO2/c16-14-12-8-4-2-6-10(12)9-5-1-3-7-11(9)13(14)15-17/h1-8,16H/p-1. The second-order valence-corrected chi connectivity index (χ2v) is 3.86. The summed E-state index contributed by atoms with van der Waals surface area (Å²) in [5.41, 5.74) is -0.000648. The molecule has 0 unspecified atom stereocenters. The molecule has 0 amide bonds. The van der Waals surface area contributed by atoms with Crippen LogP contribution in [0, 0.1) is 4.91 Å². The van der Waals surface area contributed by atoms with Crippen LogP contribution in [0.5, 0.6) is 5.75 Å². The number of nitrogens with zero attached hydrogens (tertiary/aromatic N) is 1. The van der Waals surface area contributed by atoms with E-state index in [0.717, 1.165) is 10.8 Å². The number of benzene rings is 3. The van der Waals surface area contributed by atoms with E-state index in [9.17, 15) is 10.0 Å². The summed E-state index contributed by atoms with van der Waals surface area (Å²) in [5, 5.41) is 17.9.